The number of aromatic nitrogens is 2. The van der Waals surface area contributed by atoms with E-state index in [1.807, 2.05) is 0 Å². The Kier molecular flexibility index (Phi) is 3.75. The van der Waals surface area contributed by atoms with Gasteiger partial charge in [0.1, 0.15) is 0 Å². The lowest BCUT2D eigenvalue weighted by Crippen LogP contribution is -2.21. The maximum Gasteiger partial charge on any atom is 0.241 e. The lowest BCUT2D eigenvalue weighted by Gasteiger charge is -2.18. The second-order valence-corrected chi connectivity index (χ2v) is 5.86. The molecule has 1 aromatic heterocycles. The Morgan fingerprint density at radius 2 is 2.12 bits per heavy atom. The molecule has 0 atom stereocenters. The molecule has 2 heterocycles. The summed E-state index contributed by atoms with van der Waals surface area (Å²) in [6, 6.07) is 0. The molecule has 96 valence electrons. The van der Waals surface area contributed by atoms with E-state index in [4.69, 9.17) is 9.26 Å². The Morgan fingerprint density at radius 3 is 2.76 bits per heavy atom. The van der Waals surface area contributed by atoms with Crippen LogP contribution < -0.4 is 4.72 Å². The summed E-state index contributed by atoms with van der Waals surface area (Å²) in [5.74, 6) is 1.18. The van der Waals surface area contributed by atoms with Crippen LogP contribution in [0.3, 0.4) is 0 Å². The van der Waals surface area contributed by atoms with Crippen molar-refractivity contribution in [1.82, 2.24) is 14.9 Å². The summed E-state index contributed by atoms with van der Waals surface area (Å²) in [5, 5.41) is 3.86. The van der Waals surface area contributed by atoms with Crippen LogP contribution in [0, 0.1) is 0 Å². The molecule has 1 N–H and O–H groups in total. The molecular weight excluding hydrogens is 246 g/mol. The highest BCUT2D eigenvalue weighted by Gasteiger charge is 2.21. The van der Waals surface area contributed by atoms with Crippen LogP contribution in [-0.4, -0.2) is 38.0 Å². The zero-order valence-corrected chi connectivity index (χ0v) is 10.4. The van der Waals surface area contributed by atoms with Crippen LogP contribution in [0.1, 0.15) is 30.5 Å². The number of nitrogens with one attached hydrogen (secondary N) is 1. The highest BCUT2D eigenvalue weighted by Crippen LogP contribution is 2.24. The smallest absolute Gasteiger partial charge is 0.241 e. The highest BCUT2D eigenvalue weighted by atomic mass is 32.2. The topological polar surface area (TPSA) is 94.3 Å². The molecule has 1 aromatic rings. The maximum atomic E-state index is 10.9. The van der Waals surface area contributed by atoms with Crippen molar-refractivity contribution in [2.24, 2.45) is 0 Å². The zero-order valence-electron chi connectivity index (χ0n) is 9.55. The first kappa shape index (κ1) is 12.5. The largest absolute Gasteiger partial charge is 0.381 e. The van der Waals surface area contributed by atoms with Crippen molar-refractivity contribution in [2.45, 2.75) is 25.3 Å². The van der Waals surface area contributed by atoms with Gasteiger partial charge in [-0.15, -0.1) is 0 Å². The zero-order chi connectivity index (χ0) is 12.3. The summed E-state index contributed by atoms with van der Waals surface area (Å²) >= 11 is 0. The van der Waals surface area contributed by atoms with E-state index >= 15 is 0 Å². The van der Waals surface area contributed by atoms with Crippen molar-refractivity contribution in [3.05, 3.63) is 11.7 Å². The van der Waals surface area contributed by atoms with E-state index in [1.54, 1.807) is 0 Å². The van der Waals surface area contributed by atoms with Crippen molar-refractivity contribution in [3.63, 3.8) is 0 Å². The van der Waals surface area contributed by atoms with E-state index < -0.39 is 10.0 Å². The van der Waals surface area contributed by atoms with Gasteiger partial charge in [0.25, 0.3) is 0 Å². The molecule has 0 bridgehead atoms. The number of rotatable bonds is 4. The Morgan fingerprint density at radius 1 is 1.41 bits per heavy atom. The fourth-order valence-electron chi connectivity index (χ4n) is 1.65. The van der Waals surface area contributed by atoms with Crippen molar-refractivity contribution >= 4 is 10.0 Å². The fraction of sp³-hybridized carbons (Fsp3) is 0.778. The van der Waals surface area contributed by atoms with Crippen molar-refractivity contribution in [1.29, 1.82) is 0 Å². The number of nitrogens with zero attached hydrogens (tertiary/aromatic N) is 2. The molecule has 8 heteroatoms. The van der Waals surface area contributed by atoms with E-state index in [0.29, 0.717) is 19.0 Å². The molecule has 0 spiro atoms. The van der Waals surface area contributed by atoms with Gasteiger partial charge in [0.2, 0.25) is 15.9 Å². The van der Waals surface area contributed by atoms with Gasteiger partial charge in [-0.25, -0.2) is 13.1 Å². The van der Waals surface area contributed by atoms with E-state index in [2.05, 4.69) is 14.9 Å². The Labute approximate surface area is 99.6 Å². The van der Waals surface area contributed by atoms with Gasteiger partial charge in [-0.2, -0.15) is 4.98 Å². The van der Waals surface area contributed by atoms with Gasteiger partial charge in [0, 0.05) is 19.1 Å². The van der Waals surface area contributed by atoms with Crippen molar-refractivity contribution in [3.8, 4) is 0 Å². The van der Waals surface area contributed by atoms with E-state index in [0.717, 1.165) is 19.1 Å². The average molecular weight is 261 g/mol. The van der Waals surface area contributed by atoms with Gasteiger partial charge in [-0.05, 0) is 12.8 Å². The van der Waals surface area contributed by atoms with Crippen LogP contribution >= 0.6 is 0 Å². The fourth-order valence-corrected chi connectivity index (χ4v) is 2.04. The SMILES string of the molecule is CS(=O)(=O)NCc1nc(C2CCOCC2)no1. The van der Waals surface area contributed by atoms with E-state index in [1.165, 1.54) is 0 Å². The molecule has 1 saturated heterocycles. The van der Waals surface area contributed by atoms with Gasteiger partial charge in [0.05, 0.1) is 12.8 Å². The molecular formula is C9H15N3O4S. The van der Waals surface area contributed by atoms with Crippen molar-refractivity contribution in [2.75, 3.05) is 19.5 Å². The standard InChI is InChI=1S/C9H15N3O4S/c1-17(13,14)10-6-8-11-9(12-16-8)7-2-4-15-5-3-7/h7,10H,2-6H2,1H3. The number of hydrogen-bond acceptors (Lipinski definition) is 6. The minimum atomic E-state index is -3.24. The molecule has 17 heavy (non-hydrogen) atoms. The first-order valence-corrected chi connectivity index (χ1v) is 7.28. The number of sulfonamides is 1. The van der Waals surface area contributed by atoms with Gasteiger partial charge in [-0.3, -0.25) is 0 Å². The molecule has 1 aliphatic heterocycles. The van der Waals surface area contributed by atoms with Gasteiger partial charge < -0.3 is 9.26 Å². The summed E-state index contributed by atoms with van der Waals surface area (Å²) < 4.78 is 34.3. The maximum absolute atomic E-state index is 10.9. The van der Waals surface area contributed by atoms with Crippen molar-refractivity contribution < 1.29 is 17.7 Å². The first-order valence-electron chi connectivity index (χ1n) is 5.39. The van der Waals surface area contributed by atoms with Gasteiger partial charge in [-0.1, -0.05) is 5.16 Å². The van der Waals surface area contributed by atoms with E-state index in [9.17, 15) is 8.42 Å². The third-order valence-electron chi connectivity index (χ3n) is 2.56. The van der Waals surface area contributed by atoms with Crippen LogP contribution in [0.25, 0.3) is 0 Å². The quantitative estimate of drug-likeness (QED) is 0.820. The predicted octanol–water partition coefficient (Wildman–Crippen LogP) is 0.0128. The molecule has 2 rings (SSSR count). The lowest BCUT2D eigenvalue weighted by atomic mass is 10.00. The molecule has 0 aliphatic carbocycles. The first-order chi connectivity index (χ1) is 8.04. The normalized spacial score (nSPS) is 18.4. The molecule has 1 fully saturated rings. The second kappa shape index (κ2) is 5.11. The molecule has 0 unspecified atom stereocenters. The monoisotopic (exact) mass is 261 g/mol. The van der Waals surface area contributed by atoms with Crippen LogP contribution in [0.15, 0.2) is 4.52 Å². The van der Waals surface area contributed by atoms with Crippen LogP contribution in [-0.2, 0) is 21.3 Å². The minimum Gasteiger partial charge on any atom is -0.381 e. The van der Waals surface area contributed by atoms with Crippen LogP contribution in [0.4, 0.5) is 0 Å². The van der Waals surface area contributed by atoms with Gasteiger partial charge >= 0.3 is 0 Å². The molecule has 0 saturated carbocycles. The van der Waals surface area contributed by atoms with Crippen LogP contribution in [0.2, 0.25) is 0 Å². The van der Waals surface area contributed by atoms with Gasteiger partial charge in [0.15, 0.2) is 5.82 Å². The molecule has 0 aromatic carbocycles. The Balaban J connectivity index is 1.95. The second-order valence-electron chi connectivity index (χ2n) is 4.03. The predicted molar refractivity (Wildman–Crippen MR) is 58.8 cm³/mol. The average Bonchev–Trinajstić information content (AvgIpc) is 2.75. The Hall–Kier alpha value is -0.990. The number of ether oxygens (including phenoxy) is 1. The summed E-state index contributed by atoms with van der Waals surface area (Å²) in [4.78, 5) is 4.18. The van der Waals surface area contributed by atoms with Crippen LogP contribution in [0.5, 0.6) is 0 Å². The molecule has 0 amide bonds. The molecule has 7 nitrogen and oxygen atoms in total. The third kappa shape index (κ3) is 3.76. The third-order valence-corrected chi connectivity index (χ3v) is 3.22. The summed E-state index contributed by atoms with van der Waals surface area (Å²) in [6.07, 6.45) is 2.83. The summed E-state index contributed by atoms with van der Waals surface area (Å²) in [6.45, 7) is 1.45. The minimum absolute atomic E-state index is 0.0368. The number of hydrogen-bond donors (Lipinski definition) is 1. The Bertz CT molecular complexity index is 464. The molecule has 0 radical (unpaired) electrons. The molecule has 1 aliphatic rings. The highest BCUT2D eigenvalue weighted by molar-refractivity contribution is 7.88. The lowest BCUT2D eigenvalue weighted by molar-refractivity contribution is 0.0830. The summed E-state index contributed by atoms with van der Waals surface area (Å²) in [7, 11) is -3.24. The summed E-state index contributed by atoms with van der Waals surface area (Å²) in [5.41, 5.74) is 0. The van der Waals surface area contributed by atoms with E-state index in [-0.39, 0.29) is 18.4 Å².